The largest absolute Gasteiger partial charge is 0.369 e. The van der Waals surface area contributed by atoms with Crippen LogP contribution < -0.4 is 10.2 Å². The number of fused-ring (bicyclic) bond motifs is 1. The van der Waals surface area contributed by atoms with Gasteiger partial charge in [-0.3, -0.25) is 4.79 Å². The molecule has 3 heterocycles. The van der Waals surface area contributed by atoms with Crippen LogP contribution in [0.25, 0.3) is 11.0 Å². The monoisotopic (exact) mass is 434 g/mol. The normalized spacial score (nSPS) is 15.2. The van der Waals surface area contributed by atoms with E-state index in [2.05, 4.69) is 74.0 Å². The van der Waals surface area contributed by atoms with Gasteiger partial charge in [0.15, 0.2) is 5.65 Å². The Morgan fingerprint density at radius 1 is 1.06 bits per heavy atom. The van der Waals surface area contributed by atoms with Gasteiger partial charge in [-0.2, -0.15) is 5.10 Å². The minimum Gasteiger partial charge on any atom is -0.369 e. The number of likely N-dealkylation sites (N-methyl/N-ethyl adjacent to an activating group) is 1. The number of carbonyl (C=O) groups is 1. The molecule has 0 radical (unpaired) electrons. The highest BCUT2D eigenvalue weighted by atomic mass is 16.1. The molecule has 0 atom stereocenters. The fourth-order valence-electron chi connectivity index (χ4n) is 4.23. The summed E-state index contributed by atoms with van der Waals surface area (Å²) >= 11 is 0. The first-order valence-corrected chi connectivity index (χ1v) is 11.5. The second-order valence-electron chi connectivity index (χ2n) is 9.42. The van der Waals surface area contributed by atoms with Crippen molar-refractivity contribution in [2.75, 3.05) is 43.4 Å². The van der Waals surface area contributed by atoms with Crippen LogP contribution >= 0.6 is 0 Å². The molecule has 7 nitrogen and oxygen atoms in total. The molecule has 0 bridgehead atoms. The Morgan fingerprint density at radius 2 is 1.78 bits per heavy atom. The van der Waals surface area contributed by atoms with Gasteiger partial charge in [0, 0.05) is 49.3 Å². The molecule has 7 heteroatoms. The summed E-state index contributed by atoms with van der Waals surface area (Å²) in [6.45, 7) is 14.6. The van der Waals surface area contributed by atoms with Gasteiger partial charge in [-0.05, 0) is 63.6 Å². The van der Waals surface area contributed by atoms with Crippen molar-refractivity contribution < 1.29 is 4.79 Å². The molecular formula is C25H34N6O. The number of hydrogen-bond donors (Lipinski definition) is 1. The van der Waals surface area contributed by atoms with Crippen LogP contribution in [0.2, 0.25) is 0 Å². The molecule has 0 unspecified atom stereocenters. The first-order valence-electron chi connectivity index (χ1n) is 11.5. The molecular weight excluding hydrogens is 400 g/mol. The van der Waals surface area contributed by atoms with Crippen molar-refractivity contribution in [1.82, 2.24) is 19.7 Å². The van der Waals surface area contributed by atoms with E-state index >= 15 is 0 Å². The molecule has 1 aliphatic heterocycles. The summed E-state index contributed by atoms with van der Waals surface area (Å²) in [5.74, 6) is 0.0842. The third-order valence-electron chi connectivity index (χ3n) is 6.21. The highest BCUT2D eigenvalue weighted by molar-refractivity contribution is 6.12. The second kappa shape index (κ2) is 8.90. The van der Waals surface area contributed by atoms with Gasteiger partial charge >= 0.3 is 0 Å². The van der Waals surface area contributed by atoms with Crippen LogP contribution in [0, 0.1) is 6.92 Å². The van der Waals surface area contributed by atoms with Gasteiger partial charge in [0.2, 0.25) is 0 Å². The number of hydrogen-bond acceptors (Lipinski definition) is 5. The molecule has 3 aromatic rings. The van der Waals surface area contributed by atoms with Gasteiger partial charge in [-0.1, -0.05) is 13.8 Å². The SMILES string of the molecule is Cc1cc(NC(=O)c2cc(C(C)C)nc3c2cnn3C(C)C)ccc1N1CCN(C)CC1. The molecule has 0 saturated carbocycles. The van der Waals surface area contributed by atoms with E-state index in [9.17, 15) is 4.79 Å². The van der Waals surface area contributed by atoms with E-state index in [0.717, 1.165) is 48.6 Å². The standard InChI is InChI=1S/C25H34N6O/c1-16(2)22-14-20(21-15-26-31(17(3)4)24(21)28-22)25(32)27-19-7-8-23(18(5)13-19)30-11-9-29(6)10-12-30/h7-8,13-17H,9-12H2,1-6H3,(H,27,32). The Morgan fingerprint density at radius 3 is 2.41 bits per heavy atom. The maximum Gasteiger partial charge on any atom is 0.256 e. The molecule has 1 aromatic carbocycles. The van der Waals surface area contributed by atoms with Crippen LogP contribution in [-0.4, -0.2) is 58.8 Å². The van der Waals surface area contributed by atoms with Crippen LogP contribution in [-0.2, 0) is 0 Å². The van der Waals surface area contributed by atoms with E-state index in [1.807, 2.05) is 16.8 Å². The van der Waals surface area contributed by atoms with Crippen molar-refractivity contribution in [1.29, 1.82) is 0 Å². The summed E-state index contributed by atoms with van der Waals surface area (Å²) in [6, 6.07) is 8.25. The van der Waals surface area contributed by atoms with Crippen LogP contribution in [0.5, 0.6) is 0 Å². The van der Waals surface area contributed by atoms with Crippen molar-refractivity contribution in [3.8, 4) is 0 Å². The van der Waals surface area contributed by atoms with E-state index in [1.165, 1.54) is 11.3 Å². The van der Waals surface area contributed by atoms with Crippen molar-refractivity contribution in [3.05, 3.63) is 47.3 Å². The number of anilines is 2. The summed E-state index contributed by atoms with van der Waals surface area (Å²) in [5, 5.41) is 8.38. The highest BCUT2D eigenvalue weighted by Gasteiger charge is 2.20. The van der Waals surface area contributed by atoms with Crippen molar-refractivity contribution in [3.63, 3.8) is 0 Å². The average molecular weight is 435 g/mol. The number of amides is 1. The molecule has 32 heavy (non-hydrogen) atoms. The quantitative estimate of drug-likeness (QED) is 0.643. The predicted octanol–water partition coefficient (Wildman–Crippen LogP) is 4.45. The van der Waals surface area contributed by atoms with Crippen molar-refractivity contribution >= 4 is 28.3 Å². The smallest absolute Gasteiger partial charge is 0.256 e. The number of piperazine rings is 1. The third-order valence-corrected chi connectivity index (χ3v) is 6.21. The predicted molar refractivity (Wildman–Crippen MR) is 131 cm³/mol. The summed E-state index contributed by atoms with van der Waals surface area (Å²) in [7, 11) is 2.16. The number of aryl methyl sites for hydroxylation is 1. The molecule has 2 aromatic heterocycles. The lowest BCUT2D eigenvalue weighted by Crippen LogP contribution is -2.44. The number of nitrogens with zero attached hydrogens (tertiary/aromatic N) is 5. The van der Waals surface area contributed by atoms with E-state index in [1.54, 1.807) is 6.20 Å². The molecule has 1 fully saturated rings. The molecule has 4 rings (SSSR count). The average Bonchev–Trinajstić information content (AvgIpc) is 3.18. The minimum atomic E-state index is -0.130. The van der Waals surface area contributed by atoms with Crippen LogP contribution in [0.1, 0.15) is 61.3 Å². The molecule has 170 valence electrons. The number of pyridine rings is 1. The fraction of sp³-hybridized carbons (Fsp3) is 0.480. The molecule has 1 N–H and O–H groups in total. The maximum atomic E-state index is 13.3. The summed E-state index contributed by atoms with van der Waals surface area (Å²) in [6.07, 6.45) is 1.75. The summed E-state index contributed by atoms with van der Waals surface area (Å²) < 4.78 is 1.88. The Balaban J connectivity index is 1.62. The maximum absolute atomic E-state index is 13.3. The minimum absolute atomic E-state index is 0.130. The molecule has 0 spiro atoms. The molecule has 1 saturated heterocycles. The zero-order valence-electron chi connectivity index (χ0n) is 20.0. The Hall–Kier alpha value is -2.93. The topological polar surface area (TPSA) is 66.3 Å². The Labute approximate surface area is 190 Å². The van der Waals surface area contributed by atoms with E-state index in [0.29, 0.717) is 5.56 Å². The summed E-state index contributed by atoms with van der Waals surface area (Å²) in [4.78, 5) is 22.9. The summed E-state index contributed by atoms with van der Waals surface area (Å²) in [5.41, 5.74) is 5.49. The Bertz CT molecular complexity index is 1120. The number of benzene rings is 1. The van der Waals surface area contributed by atoms with Gasteiger partial charge in [-0.25, -0.2) is 9.67 Å². The number of nitrogens with one attached hydrogen (secondary N) is 1. The van der Waals surface area contributed by atoms with Crippen LogP contribution in [0.15, 0.2) is 30.5 Å². The van der Waals surface area contributed by atoms with Gasteiger partial charge in [0.25, 0.3) is 5.91 Å². The number of rotatable bonds is 5. The lowest BCUT2D eigenvalue weighted by molar-refractivity contribution is 0.102. The van der Waals surface area contributed by atoms with Gasteiger partial charge in [0.05, 0.1) is 17.1 Å². The Kier molecular flexibility index (Phi) is 6.20. The second-order valence-corrected chi connectivity index (χ2v) is 9.42. The lowest BCUT2D eigenvalue weighted by Gasteiger charge is -2.35. The molecule has 1 aliphatic rings. The molecule has 1 amide bonds. The molecule has 0 aliphatic carbocycles. The van der Waals surface area contributed by atoms with E-state index in [-0.39, 0.29) is 17.9 Å². The zero-order valence-corrected chi connectivity index (χ0v) is 20.0. The van der Waals surface area contributed by atoms with Gasteiger partial charge in [0.1, 0.15) is 0 Å². The van der Waals surface area contributed by atoms with Gasteiger partial charge < -0.3 is 15.1 Å². The first-order chi connectivity index (χ1) is 15.2. The first kappa shape index (κ1) is 22.3. The number of carbonyl (C=O) groups excluding carboxylic acids is 1. The van der Waals surface area contributed by atoms with E-state index in [4.69, 9.17) is 4.98 Å². The highest BCUT2D eigenvalue weighted by Crippen LogP contribution is 2.27. The fourth-order valence-corrected chi connectivity index (χ4v) is 4.23. The van der Waals surface area contributed by atoms with Crippen molar-refractivity contribution in [2.45, 2.75) is 46.6 Å². The van der Waals surface area contributed by atoms with E-state index < -0.39 is 0 Å². The van der Waals surface area contributed by atoms with Crippen LogP contribution in [0.4, 0.5) is 11.4 Å². The van der Waals surface area contributed by atoms with Gasteiger partial charge in [-0.15, -0.1) is 0 Å². The third kappa shape index (κ3) is 4.35. The van der Waals surface area contributed by atoms with Crippen LogP contribution in [0.3, 0.4) is 0 Å². The van der Waals surface area contributed by atoms with Crippen molar-refractivity contribution in [2.24, 2.45) is 0 Å². The zero-order chi connectivity index (χ0) is 23.0. The number of aromatic nitrogens is 3. The lowest BCUT2D eigenvalue weighted by atomic mass is 10.0.